The zero-order chi connectivity index (χ0) is 18.0. The summed E-state index contributed by atoms with van der Waals surface area (Å²) >= 11 is 0. The number of hydrogen-bond donors (Lipinski definition) is 4. The second-order valence-electron chi connectivity index (χ2n) is 5.76. The SMILES string of the molecule is CN(C)c1ccc(NC(=O)c2cc(-c3ccc(O)cc3O)n[nH]2)cc1. The molecule has 7 nitrogen and oxygen atoms in total. The lowest BCUT2D eigenvalue weighted by molar-refractivity contribution is 0.102. The van der Waals surface area contributed by atoms with Gasteiger partial charge >= 0.3 is 0 Å². The molecule has 7 heteroatoms. The summed E-state index contributed by atoms with van der Waals surface area (Å²) in [6, 6.07) is 13.2. The maximum atomic E-state index is 12.3. The summed E-state index contributed by atoms with van der Waals surface area (Å²) in [5, 5.41) is 28.7. The van der Waals surface area contributed by atoms with E-state index >= 15 is 0 Å². The van der Waals surface area contributed by atoms with Gasteiger partial charge < -0.3 is 20.4 Å². The first kappa shape index (κ1) is 16.4. The second kappa shape index (κ2) is 6.56. The number of phenolic OH excluding ortho intramolecular Hbond substituents is 2. The van der Waals surface area contributed by atoms with E-state index in [4.69, 9.17) is 0 Å². The highest BCUT2D eigenvalue weighted by atomic mass is 16.3. The number of hydrogen-bond acceptors (Lipinski definition) is 5. The van der Waals surface area contributed by atoms with Crippen LogP contribution in [-0.2, 0) is 0 Å². The van der Waals surface area contributed by atoms with Gasteiger partial charge in [-0.15, -0.1) is 0 Å². The number of nitrogens with zero attached hydrogens (tertiary/aromatic N) is 2. The Morgan fingerprint density at radius 2 is 1.80 bits per heavy atom. The van der Waals surface area contributed by atoms with Gasteiger partial charge in [0.2, 0.25) is 0 Å². The van der Waals surface area contributed by atoms with Crippen LogP contribution >= 0.6 is 0 Å². The third kappa shape index (κ3) is 3.55. The van der Waals surface area contributed by atoms with E-state index < -0.39 is 0 Å². The van der Waals surface area contributed by atoms with Crippen molar-refractivity contribution in [2.75, 3.05) is 24.3 Å². The number of aromatic nitrogens is 2. The number of H-pyrrole nitrogens is 1. The number of rotatable bonds is 4. The van der Waals surface area contributed by atoms with E-state index in [9.17, 15) is 15.0 Å². The van der Waals surface area contributed by atoms with E-state index in [1.54, 1.807) is 0 Å². The van der Waals surface area contributed by atoms with Crippen LogP contribution in [0.5, 0.6) is 11.5 Å². The molecule has 25 heavy (non-hydrogen) atoms. The third-order valence-electron chi connectivity index (χ3n) is 3.72. The van der Waals surface area contributed by atoms with Crippen molar-refractivity contribution in [2.24, 2.45) is 0 Å². The number of anilines is 2. The highest BCUT2D eigenvalue weighted by Gasteiger charge is 2.14. The lowest BCUT2D eigenvalue weighted by Gasteiger charge is -2.12. The Balaban J connectivity index is 1.76. The fraction of sp³-hybridized carbons (Fsp3) is 0.111. The van der Waals surface area contributed by atoms with Crippen LogP contribution in [0, 0.1) is 0 Å². The molecule has 128 valence electrons. The van der Waals surface area contributed by atoms with Crippen LogP contribution in [0.25, 0.3) is 11.3 Å². The van der Waals surface area contributed by atoms with Gasteiger partial charge in [0.15, 0.2) is 0 Å². The Kier molecular flexibility index (Phi) is 4.30. The van der Waals surface area contributed by atoms with E-state index in [0.29, 0.717) is 16.9 Å². The molecule has 0 aliphatic heterocycles. The Bertz CT molecular complexity index is 901. The van der Waals surface area contributed by atoms with E-state index in [0.717, 1.165) is 5.69 Å². The molecule has 2 aromatic carbocycles. The van der Waals surface area contributed by atoms with Gasteiger partial charge in [-0.25, -0.2) is 0 Å². The average molecular weight is 338 g/mol. The number of benzene rings is 2. The molecule has 0 spiro atoms. The first-order chi connectivity index (χ1) is 11.9. The Morgan fingerprint density at radius 3 is 2.44 bits per heavy atom. The minimum atomic E-state index is -0.338. The minimum absolute atomic E-state index is 0.0454. The monoisotopic (exact) mass is 338 g/mol. The van der Waals surface area contributed by atoms with E-state index in [1.807, 2.05) is 43.3 Å². The highest BCUT2D eigenvalue weighted by Crippen LogP contribution is 2.31. The molecule has 0 bridgehead atoms. The fourth-order valence-corrected chi connectivity index (χ4v) is 2.35. The van der Waals surface area contributed by atoms with Crippen molar-refractivity contribution in [3.8, 4) is 22.8 Å². The van der Waals surface area contributed by atoms with Crippen LogP contribution in [0.15, 0.2) is 48.5 Å². The Labute approximate surface area is 144 Å². The number of aromatic hydroxyl groups is 2. The Hall–Kier alpha value is -3.48. The summed E-state index contributed by atoms with van der Waals surface area (Å²) in [5.41, 5.74) is 2.79. The molecule has 1 heterocycles. The van der Waals surface area contributed by atoms with Crippen LogP contribution in [0.4, 0.5) is 11.4 Å². The maximum Gasteiger partial charge on any atom is 0.273 e. The third-order valence-corrected chi connectivity index (χ3v) is 3.72. The maximum absolute atomic E-state index is 12.3. The molecule has 4 N–H and O–H groups in total. The summed E-state index contributed by atoms with van der Waals surface area (Å²) in [4.78, 5) is 14.3. The quantitative estimate of drug-likeness (QED) is 0.586. The summed E-state index contributed by atoms with van der Waals surface area (Å²) in [6.07, 6.45) is 0. The molecular formula is C18H18N4O3. The van der Waals surface area contributed by atoms with Crippen LogP contribution in [0.3, 0.4) is 0 Å². The van der Waals surface area contributed by atoms with Gasteiger partial charge in [0.05, 0.1) is 5.69 Å². The largest absolute Gasteiger partial charge is 0.508 e. The van der Waals surface area contributed by atoms with Crippen LogP contribution in [0.1, 0.15) is 10.5 Å². The predicted octanol–water partition coefficient (Wildman–Crippen LogP) is 2.81. The van der Waals surface area contributed by atoms with Crippen molar-refractivity contribution < 1.29 is 15.0 Å². The lowest BCUT2D eigenvalue weighted by atomic mass is 10.1. The van der Waals surface area contributed by atoms with Crippen molar-refractivity contribution in [2.45, 2.75) is 0 Å². The van der Waals surface area contributed by atoms with Crippen molar-refractivity contribution in [3.63, 3.8) is 0 Å². The van der Waals surface area contributed by atoms with E-state index in [1.165, 1.54) is 24.3 Å². The summed E-state index contributed by atoms with van der Waals surface area (Å²) in [5.74, 6) is -0.497. The molecule has 0 unspecified atom stereocenters. The molecular weight excluding hydrogens is 320 g/mol. The standard InChI is InChI=1S/C18H18N4O3/c1-22(2)12-5-3-11(4-6-12)19-18(25)16-10-15(20-21-16)14-8-7-13(23)9-17(14)24/h3-10,23-24H,1-2H3,(H,19,25)(H,20,21). The van der Waals surface area contributed by atoms with Crippen molar-refractivity contribution in [1.29, 1.82) is 0 Å². The zero-order valence-corrected chi connectivity index (χ0v) is 13.8. The number of phenols is 2. The molecule has 1 amide bonds. The van der Waals surface area contributed by atoms with Crippen molar-refractivity contribution >= 4 is 17.3 Å². The molecule has 0 aliphatic rings. The summed E-state index contributed by atoms with van der Waals surface area (Å²) in [6.45, 7) is 0. The van der Waals surface area contributed by atoms with E-state index in [2.05, 4.69) is 15.5 Å². The number of nitrogens with one attached hydrogen (secondary N) is 2. The van der Waals surface area contributed by atoms with Crippen LogP contribution in [0.2, 0.25) is 0 Å². The van der Waals surface area contributed by atoms with Crippen molar-refractivity contribution in [3.05, 3.63) is 54.2 Å². The smallest absolute Gasteiger partial charge is 0.273 e. The number of aromatic amines is 1. The molecule has 0 fully saturated rings. The van der Waals surface area contributed by atoms with Gasteiger partial charge in [-0.3, -0.25) is 9.89 Å². The zero-order valence-electron chi connectivity index (χ0n) is 13.8. The number of carbonyl (C=O) groups is 1. The topological polar surface area (TPSA) is 101 Å². The molecule has 1 aromatic heterocycles. The average Bonchev–Trinajstić information content (AvgIpc) is 3.05. The predicted molar refractivity (Wildman–Crippen MR) is 96.1 cm³/mol. The summed E-state index contributed by atoms with van der Waals surface area (Å²) < 4.78 is 0. The molecule has 3 aromatic rings. The first-order valence-corrected chi connectivity index (χ1v) is 7.60. The van der Waals surface area contributed by atoms with Crippen LogP contribution in [-0.4, -0.2) is 40.4 Å². The van der Waals surface area contributed by atoms with Gasteiger partial charge in [-0.2, -0.15) is 5.10 Å². The van der Waals surface area contributed by atoms with Gasteiger partial charge in [0, 0.05) is 37.1 Å². The first-order valence-electron chi connectivity index (χ1n) is 7.60. The number of carbonyl (C=O) groups excluding carboxylic acids is 1. The lowest BCUT2D eigenvalue weighted by Crippen LogP contribution is -2.13. The summed E-state index contributed by atoms with van der Waals surface area (Å²) in [7, 11) is 3.89. The molecule has 0 saturated heterocycles. The second-order valence-corrected chi connectivity index (χ2v) is 5.76. The van der Waals surface area contributed by atoms with Gasteiger partial charge in [-0.1, -0.05) is 0 Å². The van der Waals surface area contributed by atoms with Gasteiger partial charge in [0.25, 0.3) is 5.91 Å². The van der Waals surface area contributed by atoms with E-state index in [-0.39, 0.29) is 23.1 Å². The Morgan fingerprint density at radius 1 is 1.08 bits per heavy atom. The van der Waals surface area contributed by atoms with Gasteiger partial charge in [0.1, 0.15) is 17.2 Å². The normalized spacial score (nSPS) is 10.5. The minimum Gasteiger partial charge on any atom is -0.508 e. The van der Waals surface area contributed by atoms with Gasteiger partial charge in [-0.05, 0) is 42.5 Å². The molecule has 0 radical (unpaired) electrons. The number of amides is 1. The fourth-order valence-electron chi connectivity index (χ4n) is 2.35. The molecule has 3 rings (SSSR count). The van der Waals surface area contributed by atoms with Crippen molar-refractivity contribution in [1.82, 2.24) is 10.2 Å². The molecule has 0 atom stereocenters. The highest BCUT2D eigenvalue weighted by molar-refractivity contribution is 6.03. The molecule has 0 saturated carbocycles. The molecule has 0 aliphatic carbocycles. The van der Waals surface area contributed by atoms with Crippen LogP contribution < -0.4 is 10.2 Å².